The Morgan fingerprint density at radius 2 is 0.732 bits per heavy atom. The van der Waals surface area contributed by atoms with Crippen LogP contribution in [0, 0.1) is 0 Å². The first-order valence-electron chi connectivity index (χ1n) is 13.6. The second-order valence-electron chi connectivity index (χ2n) is 9.98. The minimum absolute atomic E-state index is 0.621. The molecule has 4 heteroatoms. The summed E-state index contributed by atoms with van der Waals surface area (Å²) in [6.45, 7) is 0. The molecule has 0 saturated carbocycles. The summed E-state index contributed by atoms with van der Waals surface area (Å²) >= 11 is 0. The third-order valence-electron chi connectivity index (χ3n) is 7.27. The van der Waals surface area contributed by atoms with Crippen LogP contribution in [0.1, 0.15) is 0 Å². The molecule has 0 aliphatic rings. The molecule has 0 aliphatic carbocycles. The lowest BCUT2D eigenvalue weighted by Gasteiger charge is -2.11. The molecule has 0 unspecified atom stereocenters. The number of hydrogen-bond donors (Lipinski definition) is 1. The summed E-state index contributed by atoms with van der Waals surface area (Å²) < 4.78 is 0. The predicted octanol–water partition coefficient (Wildman–Crippen LogP) is 8.94. The van der Waals surface area contributed by atoms with Crippen LogP contribution in [0.3, 0.4) is 0 Å². The molecule has 41 heavy (non-hydrogen) atoms. The lowest BCUT2D eigenvalue weighted by molar-refractivity contribution is 1.07. The van der Waals surface area contributed by atoms with E-state index >= 15 is 0 Å². The van der Waals surface area contributed by atoms with E-state index in [2.05, 4.69) is 66.7 Å². The van der Waals surface area contributed by atoms with Gasteiger partial charge in [-0.3, -0.25) is 0 Å². The van der Waals surface area contributed by atoms with Crippen LogP contribution in [0.2, 0.25) is 0 Å². The number of nitrogens with two attached hydrogens (primary N) is 1. The Kier molecular flexibility index (Phi) is 6.26. The van der Waals surface area contributed by atoms with E-state index in [1.165, 1.54) is 11.1 Å². The zero-order valence-corrected chi connectivity index (χ0v) is 22.3. The molecule has 6 aromatic carbocycles. The number of nitrogens with zero attached hydrogens (tertiary/aromatic N) is 3. The standard InChI is InChI=1S/C37H26N4/c38-34-24-31(27-18-16-26(17-19-27)25-10-4-1-5-11-25)23-32-22-30(20-21-33(32)34)37-40-35(28-12-6-2-7-13-28)39-36(41-37)29-14-8-3-9-15-29/h1-24H,38H2. The zero-order valence-electron chi connectivity index (χ0n) is 22.3. The summed E-state index contributed by atoms with van der Waals surface area (Å²) in [4.78, 5) is 14.6. The number of benzene rings is 6. The molecule has 7 rings (SSSR count). The molecule has 0 radical (unpaired) electrons. The van der Waals surface area contributed by atoms with Crippen molar-refractivity contribution >= 4 is 16.5 Å². The van der Waals surface area contributed by atoms with Crippen LogP contribution in [0.25, 0.3) is 67.2 Å². The fourth-order valence-corrected chi connectivity index (χ4v) is 5.13. The van der Waals surface area contributed by atoms with Gasteiger partial charge in [-0.1, -0.05) is 127 Å². The molecule has 0 atom stereocenters. The van der Waals surface area contributed by atoms with E-state index in [1.54, 1.807) is 0 Å². The van der Waals surface area contributed by atoms with Crippen LogP contribution < -0.4 is 5.73 Å². The molecular weight excluding hydrogens is 500 g/mol. The highest BCUT2D eigenvalue weighted by molar-refractivity contribution is 5.98. The van der Waals surface area contributed by atoms with Gasteiger partial charge in [0.1, 0.15) is 0 Å². The highest BCUT2D eigenvalue weighted by Crippen LogP contribution is 2.33. The summed E-state index contributed by atoms with van der Waals surface area (Å²) in [5.74, 6) is 1.90. The molecule has 0 amide bonds. The first kappa shape index (κ1) is 24.4. The minimum atomic E-state index is 0.621. The largest absolute Gasteiger partial charge is 0.398 e. The molecule has 0 spiro atoms. The van der Waals surface area contributed by atoms with Crippen molar-refractivity contribution in [3.05, 3.63) is 146 Å². The third kappa shape index (κ3) is 4.95. The molecule has 0 aliphatic heterocycles. The van der Waals surface area contributed by atoms with Crippen LogP contribution in [0.15, 0.2) is 146 Å². The van der Waals surface area contributed by atoms with Gasteiger partial charge in [-0.2, -0.15) is 0 Å². The van der Waals surface area contributed by atoms with E-state index in [-0.39, 0.29) is 0 Å². The van der Waals surface area contributed by atoms with Gasteiger partial charge in [0.25, 0.3) is 0 Å². The third-order valence-corrected chi connectivity index (χ3v) is 7.27. The summed E-state index contributed by atoms with van der Waals surface area (Å²) in [6, 6.07) is 49.5. The topological polar surface area (TPSA) is 64.7 Å². The highest BCUT2D eigenvalue weighted by Gasteiger charge is 2.13. The maximum Gasteiger partial charge on any atom is 0.164 e. The smallest absolute Gasteiger partial charge is 0.164 e. The van der Waals surface area contributed by atoms with E-state index in [1.807, 2.05) is 78.9 Å². The summed E-state index contributed by atoms with van der Waals surface area (Å²) in [5.41, 5.74) is 14.7. The van der Waals surface area contributed by atoms with Gasteiger partial charge < -0.3 is 5.73 Å². The number of rotatable bonds is 5. The molecule has 4 nitrogen and oxygen atoms in total. The molecular formula is C37H26N4. The van der Waals surface area contributed by atoms with Gasteiger partial charge in [-0.15, -0.1) is 0 Å². The Morgan fingerprint density at radius 1 is 0.341 bits per heavy atom. The van der Waals surface area contributed by atoms with Crippen molar-refractivity contribution in [1.82, 2.24) is 15.0 Å². The molecule has 0 fully saturated rings. The van der Waals surface area contributed by atoms with E-state index < -0.39 is 0 Å². The monoisotopic (exact) mass is 526 g/mol. The summed E-state index contributed by atoms with van der Waals surface area (Å²) in [7, 11) is 0. The van der Waals surface area contributed by atoms with E-state index in [9.17, 15) is 0 Å². The van der Waals surface area contributed by atoms with Crippen molar-refractivity contribution < 1.29 is 0 Å². The number of fused-ring (bicyclic) bond motifs is 1. The minimum Gasteiger partial charge on any atom is -0.398 e. The molecule has 1 heterocycles. The zero-order chi connectivity index (χ0) is 27.6. The van der Waals surface area contributed by atoms with Gasteiger partial charge in [-0.25, -0.2) is 15.0 Å². The van der Waals surface area contributed by atoms with E-state index in [0.717, 1.165) is 44.3 Å². The van der Waals surface area contributed by atoms with E-state index in [4.69, 9.17) is 20.7 Å². The van der Waals surface area contributed by atoms with Crippen LogP contribution in [-0.2, 0) is 0 Å². The van der Waals surface area contributed by atoms with Gasteiger partial charge in [0.2, 0.25) is 0 Å². The number of anilines is 1. The molecule has 0 saturated heterocycles. The normalized spacial score (nSPS) is 11.0. The average molecular weight is 527 g/mol. The fraction of sp³-hybridized carbons (Fsp3) is 0. The molecule has 1 aromatic heterocycles. The number of aromatic nitrogens is 3. The van der Waals surface area contributed by atoms with Crippen molar-refractivity contribution in [3.63, 3.8) is 0 Å². The van der Waals surface area contributed by atoms with Crippen molar-refractivity contribution in [2.45, 2.75) is 0 Å². The Hall–Kier alpha value is -5.61. The predicted molar refractivity (Wildman–Crippen MR) is 169 cm³/mol. The number of nitrogen functional groups attached to an aromatic ring is 1. The first-order chi connectivity index (χ1) is 20.2. The second kappa shape index (κ2) is 10.5. The van der Waals surface area contributed by atoms with Gasteiger partial charge in [0.05, 0.1) is 0 Å². The van der Waals surface area contributed by atoms with Crippen LogP contribution in [0.5, 0.6) is 0 Å². The van der Waals surface area contributed by atoms with Crippen molar-refractivity contribution in [2.24, 2.45) is 0 Å². The maximum atomic E-state index is 6.56. The van der Waals surface area contributed by atoms with Gasteiger partial charge in [-0.05, 0) is 45.8 Å². The molecule has 194 valence electrons. The van der Waals surface area contributed by atoms with Crippen molar-refractivity contribution in [3.8, 4) is 56.4 Å². The van der Waals surface area contributed by atoms with Crippen LogP contribution in [-0.4, -0.2) is 15.0 Å². The van der Waals surface area contributed by atoms with Gasteiger partial charge in [0, 0.05) is 27.8 Å². The van der Waals surface area contributed by atoms with Gasteiger partial charge >= 0.3 is 0 Å². The fourth-order valence-electron chi connectivity index (χ4n) is 5.13. The average Bonchev–Trinajstić information content (AvgIpc) is 3.05. The van der Waals surface area contributed by atoms with Crippen LogP contribution >= 0.6 is 0 Å². The lowest BCUT2D eigenvalue weighted by Crippen LogP contribution is -2.00. The van der Waals surface area contributed by atoms with E-state index in [0.29, 0.717) is 17.5 Å². The Labute approximate surface area is 238 Å². The lowest BCUT2D eigenvalue weighted by atomic mass is 9.96. The Morgan fingerprint density at radius 3 is 1.27 bits per heavy atom. The first-order valence-corrected chi connectivity index (χ1v) is 13.6. The number of hydrogen-bond acceptors (Lipinski definition) is 4. The highest BCUT2D eigenvalue weighted by atomic mass is 15.0. The quantitative estimate of drug-likeness (QED) is 0.227. The Balaban J connectivity index is 1.32. The molecule has 0 bridgehead atoms. The van der Waals surface area contributed by atoms with Crippen LogP contribution in [0.4, 0.5) is 5.69 Å². The van der Waals surface area contributed by atoms with Crippen molar-refractivity contribution in [2.75, 3.05) is 5.73 Å². The second-order valence-corrected chi connectivity index (χ2v) is 9.98. The maximum absolute atomic E-state index is 6.56. The molecule has 7 aromatic rings. The summed E-state index contributed by atoms with van der Waals surface area (Å²) in [6.07, 6.45) is 0. The van der Waals surface area contributed by atoms with Gasteiger partial charge in [0.15, 0.2) is 17.5 Å². The SMILES string of the molecule is Nc1cc(-c2ccc(-c3ccccc3)cc2)cc2cc(-c3nc(-c4ccccc4)nc(-c4ccccc4)n3)ccc12. The van der Waals surface area contributed by atoms with Crippen molar-refractivity contribution in [1.29, 1.82) is 0 Å². The summed E-state index contributed by atoms with van der Waals surface area (Å²) in [5, 5.41) is 2.03. The Bertz CT molecular complexity index is 1910. The molecule has 2 N–H and O–H groups in total.